The molecule has 0 heterocycles. The van der Waals surface area contributed by atoms with Gasteiger partial charge in [-0.2, -0.15) is 0 Å². The molecule has 0 atom stereocenters. The summed E-state index contributed by atoms with van der Waals surface area (Å²) in [6.45, 7) is 5.05. The molecule has 1 saturated carbocycles. The van der Waals surface area contributed by atoms with Gasteiger partial charge < -0.3 is 4.90 Å². The molecule has 0 N–H and O–H groups in total. The maximum atomic E-state index is 12.5. The second kappa shape index (κ2) is 7.97. The lowest BCUT2D eigenvalue weighted by Crippen LogP contribution is -2.47. The number of carbonyl (C=O) groups is 1. The van der Waals surface area contributed by atoms with Crippen LogP contribution >= 0.6 is 11.6 Å². The van der Waals surface area contributed by atoms with Gasteiger partial charge in [-0.25, -0.2) is 0 Å². The molecule has 1 aliphatic rings. The van der Waals surface area contributed by atoms with Gasteiger partial charge in [0, 0.05) is 24.4 Å². The lowest BCUT2D eigenvalue weighted by molar-refractivity contribution is -0.139. The third kappa shape index (κ3) is 4.17. The van der Waals surface area contributed by atoms with Crippen molar-refractivity contribution in [2.24, 2.45) is 5.92 Å². The number of hydrogen-bond donors (Lipinski definition) is 0. The van der Waals surface area contributed by atoms with E-state index >= 15 is 0 Å². The van der Waals surface area contributed by atoms with Crippen LogP contribution in [0, 0.1) is 5.92 Å². The van der Waals surface area contributed by atoms with Crippen molar-refractivity contribution in [2.45, 2.75) is 64.8 Å². The van der Waals surface area contributed by atoms with Crippen LogP contribution in [0.15, 0.2) is 0 Å². The Hall–Kier alpha value is -0.240. The second-order valence-corrected chi connectivity index (χ2v) is 5.46. The monoisotopic (exact) mass is 259 g/mol. The van der Waals surface area contributed by atoms with E-state index in [1.165, 1.54) is 19.3 Å². The minimum absolute atomic E-state index is 0.230. The van der Waals surface area contributed by atoms with Crippen molar-refractivity contribution in [3.8, 4) is 0 Å². The Balaban J connectivity index is 2.58. The van der Waals surface area contributed by atoms with Gasteiger partial charge in [-0.3, -0.25) is 4.79 Å². The van der Waals surface area contributed by atoms with E-state index in [-0.39, 0.29) is 5.92 Å². The van der Waals surface area contributed by atoms with E-state index in [0.29, 0.717) is 17.8 Å². The molecule has 0 aromatic carbocycles. The molecule has 0 aromatic heterocycles. The molecule has 1 aliphatic carbocycles. The predicted molar refractivity (Wildman–Crippen MR) is 73.4 cm³/mol. The molecule has 100 valence electrons. The molecular formula is C14H26ClNO. The number of carbonyl (C=O) groups excluding carboxylic acids is 1. The summed E-state index contributed by atoms with van der Waals surface area (Å²) in [4.78, 5) is 14.6. The van der Waals surface area contributed by atoms with Gasteiger partial charge in [0.2, 0.25) is 5.91 Å². The summed E-state index contributed by atoms with van der Waals surface area (Å²) >= 11 is 5.83. The first-order chi connectivity index (χ1) is 8.24. The fraction of sp³-hybridized carbons (Fsp3) is 0.929. The molecule has 0 radical (unpaired) electrons. The standard InChI is InChI=1S/C14H26ClNO/c1-3-6-12(7-4-2)14(17)16(11-10-15)13-8-5-9-13/h12-13H,3-11H2,1-2H3. The molecule has 0 unspecified atom stereocenters. The van der Waals surface area contributed by atoms with E-state index in [1.54, 1.807) is 0 Å². The van der Waals surface area contributed by atoms with E-state index in [4.69, 9.17) is 11.6 Å². The zero-order valence-corrected chi connectivity index (χ0v) is 12.0. The topological polar surface area (TPSA) is 20.3 Å². The summed E-state index contributed by atoms with van der Waals surface area (Å²) in [5, 5.41) is 0. The number of alkyl halides is 1. The van der Waals surface area contributed by atoms with Crippen molar-refractivity contribution in [2.75, 3.05) is 12.4 Å². The van der Waals surface area contributed by atoms with Gasteiger partial charge >= 0.3 is 0 Å². The van der Waals surface area contributed by atoms with Gasteiger partial charge in [0.05, 0.1) is 0 Å². The second-order valence-electron chi connectivity index (χ2n) is 5.08. The first kappa shape index (κ1) is 14.8. The summed E-state index contributed by atoms with van der Waals surface area (Å²) in [6, 6.07) is 0.484. The zero-order valence-electron chi connectivity index (χ0n) is 11.3. The molecule has 1 rings (SSSR count). The van der Waals surface area contributed by atoms with Crippen LogP contribution in [0.4, 0.5) is 0 Å². The Morgan fingerprint density at radius 2 is 1.88 bits per heavy atom. The van der Waals surface area contributed by atoms with Crippen LogP contribution in [0.1, 0.15) is 58.8 Å². The number of halogens is 1. The normalized spacial score (nSPS) is 16.0. The average Bonchev–Trinajstić information content (AvgIpc) is 2.25. The van der Waals surface area contributed by atoms with E-state index in [2.05, 4.69) is 18.7 Å². The molecule has 2 nitrogen and oxygen atoms in total. The SMILES string of the molecule is CCCC(CCC)C(=O)N(CCCl)C1CCC1. The smallest absolute Gasteiger partial charge is 0.225 e. The minimum Gasteiger partial charge on any atom is -0.338 e. The highest BCUT2D eigenvalue weighted by Crippen LogP contribution is 2.28. The summed E-state index contributed by atoms with van der Waals surface area (Å²) in [5.74, 6) is 1.15. The van der Waals surface area contributed by atoms with Crippen LogP contribution in [0.3, 0.4) is 0 Å². The zero-order chi connectivity index (χ0) is 12.7. The van der Waals surface area contributed by atoms with Crippen molar-refractivity contribution in [3.05, 3.63) is 0 Å². The van der Waals surface area contributed by atoms with Gasteiger partial charge in [-0.05, 0) is 32.1 Å². The Morgan fingerprint density at radius 1 is 1.29 bits per heavy atom. The summed E-state index contributed by atoms with van der Waals surface area (Å²) in [7, 11) is 0. The molecule has 0 saturated heterocycles. The molecule has 0 spiro atoms. The summed E-state index contributed by atoms with van der Waals surface area (Å²) < 4.78 is 0. The Labute approximate surface area is 111 Å². The maximum Gasteiger partial charge on any atom is 0.225 e. The van der Waals surface area contributed by atoms with Crippen LogP contribution in [0.5, 0.6) is 0 Å². The van der Waals surface area contributed by atoms with E-state index in [1.807, 2.05) is 0 Å². The molecule has 1 fully saturated rings. The Bertz CT molecular complexity index is 222. The highest BCUT2D eigenvalue weighted by molar-refractivity contribution is 6.18. The Kier molecular flexibility index (Phi) is 6.94. The molecule has 0 aromatic rings. The van der Waals surface area contributed by atoms with Gasteiger partial charge in [0.25, 0.3) is 0 Å². The maximum absolute atomic E-state index is 12.5. The van der Waals surface area contributed by atoms with Crippen molar-refractivity contribution < 1.29 is 4.79 Å². The van der Waals surface area contributed by atoms with Gasteiger partial charge in [0.1, 0.15) is 0 Å². The van der Waals surface area contributed by atoms with Crippen molar-refractivity contribution in [1.82, 2.24) is 4.90 Å². The highest BCUT2D eigenvalue weighted by Gasteiger charge is 2.31. The first-order valence-electron chi connectivity index (χ1n) is 7.11. The molecule has 17 heavy (non-hydrogen) atoms. The van der Waals surface area contributed by atoms with E-state index < -0.39 is 0 Å². The molecule has 1 amide bonds. The van der Waals surface area contributed by atoms with Crippen LogP contribution in [0.2, 0.25) is 0 Å². The average molecular weight is 260 g/mol. The number of hydrogen-bond acceptors (Lipinski definition) is 1. The molecular weight excluding hydrogens is 234 g/mol. The van der Waals surface area contributed by atoms with Crippen molar-refractivity contribution in [3.63, 3.8) is 0 Å². The fourth-order valence-corrected chi connectivity index (χ4v) is 2.77. The van der Waals surface area contributed by atoms with Crippen LogP contribution in [-0.4, -0.2) is 29.3 Å². The summed E-state index contributed by atoms with van der Waals surface area (Å²) in [6.07, 6.45) is 7.85. The van der Waals surface area contributed by atoms with E-state index in [0.717, 1.165) is 32.2 Å². The molecule has 3 heteroatoms. The van der Waals surface area contributed by atoms with Gasteiger partial charge in [-0.1, -0.05) is 26.7 Å². The van der Waals surface area contributed by atoms with E-state index in [9.17, 15) is 4.79 Å². The highest BCUT2D eigenvalue weighted by atomic mass is 35.5. The fourth-order valence-electron chi connectivity index (χ4n) is 2.58. The van der Waals surface area contributed by atoms with Crippen LogP contribution in [0.25, 0.3) is 0 Å². The van der Waals surface area contributed by atoms with Crippen LogP contribution < -0.4 is 0 Å². The number of nitrogens with zero attached hydrogens (tertiary/aromatic N) is 1. The third-order valence-electron chi connectivity index (χ3n) is 3.75. The largest absolute Gasteiger partial charge is 0.338 e. The van der Waals surface area contributed by atoms with Gasteiger partial charge in [-0.15, -0.1) is 11.6 Å². The minimum atomic E-state index is 0.230. The van der Waals surface area contributed by atoms with Gasteiger partial charge in [0.15, 0.2) is 0 Å². The molecule has 0 aliphatic heterocycles. The summed E-state index contributed by atoms with van der Waals surface area (Å²) in [5.41, 5.74) is 0. The third-order valence-corrected chi connectivity index (χ3v) is 3.92. The number of amides is 1. The Morgan fingerprint density at radius 3 is 2.24 bits per heavy atom. The predicted octanol–water partition coefficient (Wildman–Crippen LogP) is 3.82. The van der Waals surface area contributed by atoms with Crippen molar-refractivity contribution >= 4 is 17.5 Å². The van der Waals surface area contributed by atoms with Crippen molar-refractivity contribution in [1.29, 1.82) is 0 Å². The lowest BCUT2D eigenvalue weighted by Gasteiger charge is -2.39. The number of rotatable bonds is 8. The first-order valence-corrected chi connectivity index (χ1v) is 7.64. The lowest BCUT2D eigenvalue weighted by atomic mass is 9.89. The quantitative estimate of drug-likeness (QED) is 0.607. The molecule has 0 bridgehead atoms. The van der Waals surface area contributed by atoms with Crippen LogP contribution in [-0.2, 0) is 4.79 Å².